The second-order valence-corrected chi connectivity index (χ2v) is 9.46. The van der Waals surface area contributed by atoms with E-state index >= 15 is 0 Å². The molecule has 1 atom stereocenters. The van der Waals surface area contributed by atoms with Crippen molar-refractivity contribution in [2.24, 2.45) is 0 Å². The Hall–Kier alpha value is -1.51. The smallest absolute Gasteiger partial charge is 0.238 e. The first kappa shape index (κ1) is 19.8. The van der Waals surface area contributed by atoms with Crippen LogP contribution in [-0.4, -0.2) is 32.0 Å². The van der Waals surface area contributed by atoms with Gasteiger partial charge in [0.05, 0.1) is 16.1 Å². The second-order valence-electron chi connectivity index (χ2n) is 5.59. The zero-order valence-electron chi connectivity index (χ0n) is 13.5. The Bertz CT molecular complexity index is 883. The lowest BCUT2D eigenvalue weighted by Crippen LogP contribution is -2.34. The van der Waals surface area contributed by atoms with Crippen LogP contribution in [0.1, 0.15) is 23.4 Å². The third kappa shape index (κ3) is 5.23. The average Bonchev–Trinajstić information content (AvgIpc) is 2.92. The van der Waals surface area contributed by atoms with Gasteiger partial charge < -0.3 is 4.90 Å². The second kappa shape index (κ2) is 7.80. The number of halogens is 3. The minimum Gasteiger partial charge on any atom is -0.338 e. The maximum atomic E-state index is 13.3. The molecular weight excluding hydrogens is 392 g/mol. The van der Waals surface area contributed by atoms with Gasteiger partial charge in [0.2, 0.25) is 5.91 Å². The van der Waals surface area contributed by atoms with E-state index in [0.717, 1.165) is 23.5 Å². The summed E-state index contributed by atoms with van der Waals surface area (Å²) in [6, 6.07) is 5.91. The quantitative estimate of drug-likeness (QED) is 0.731. The van der Waals surface area contributed by atoms with Crippen molar-refractivity contribution >= 4 is 38.7 Å². The molecule has 0 saturated carbocycles. The Morgan fingerprint density at radius 3 is 2.48 bits per heavy atom. The van der Waals surface area contributed by atoms with Crippen molar-refractivity contribution in [3.05, 3.63) is 56.7 Å². The molecule has 0 unspecified atom stereocenters. The molecule has 25 heavy (non-hydrogen) atoms. The first-order chi connectivity index (χ1) is 11.6. The fourth-order valence-electron chi connectivity index (χ4n) is 2.20. The first-order valence-corrected chi connectivity index (χ1v) is 10.3. The van der Waals surface area contributed by atoms with Crippen molar-refractivity contribution < 1.29 is 22.0 Å². The molecule has 4 nitrogen and oxygen atoms in total. The van der Waals surface area contributed by atoms with E-state index in [1.54, 1.807) is 19.1 Å². The third-order valence-corrected chi connectivity index (χ3v) is 6.59. The number of thiophene rings is 1. The third-order valence-electron chi connectivity index (χ3n) is 3.73. The summed E-state index contributed by atoms with van der Waals surface area (Å²) < 4.78 is 51.2. The molecule has 1 aromatic carbocycles. The van der Waals surface area contributed by atoms with E-state index < -0.39 is 39.2 Å². The van der Waals surface area contributed by atoms with Crippen LogP contribution in [0.5, 0.6) is 0 Å². The number of nitrogens with zero attached hydrogens (tertiary/aromatic N) is 1. The number of carbonyl (C=O) groups excluding carboxylic acids is 1. The largest absolute Gasteiger partial charge is 0.338 e. The summed E-state index contributed by atoms with van der Waals surface area (Å²) in [4.78, 5) is 14.0. The molecule has 0 fully saturated rings. The van der Waals surface area contributed by atoms with Crippen LogP contribution in [0.25, 0.3) is 0 Å². The molecule has 136 valence electrons. The van der Waals surface area contributed by atoms with Gasteiger partial charge in [0, 0.05) is 11.9 Å². The van der Waals surface area contributed by atoms with Crippen molar-refractivity contribution in [2.75, 3.05) is 12.8 Å². The summed E-state index contributed by atoms with van der Waals surface area (Å²) in [5.41, 5.74) is 0.372. The topological polar surface area (TPSA) is 54.5 Å². The van der Waals surface area contributed by atoms with Crippen molar-refractivity contribution in [1.82, 2.24) is 4.90 Å². The van der Waals surface area contributed by atoms with E-state index in [-0.39, 0.29) is 5.75 Å². The highest BCUT2D eigenvalue weighted by atomic mass is 35.5. The normalized spacial score (nSPS) is 12.8. The number of carbonyl (C=O) groups is 1. The fourth-order valence-corrected chi connectivity index (χ4v) is 5.07. The number of hydrogen-bond acceptors (Lipinski definition) is 4. The van der Waals surface area contributed by atoms with Crippen LogP contribution in [0.4, 0.5) is 8.78 Å². The maximum Gasteiger partial charge on any atom is 0.238 e. The summed E-state index contributed by atoms with van der Waals surface area (Å²) in [5.74, 6) is -3.58. The molecule has 0 spiro atoms. The van der Waals surface area contributed by atoms with E-state index in [9.17, 15) is 22.0 Å². The number of hydrogen-bond donors (Lipinski definition) is 0. The Balaban J connectivity index is 2.06. The minimum atomic E-state index is -3.67. The molecule has 1 aromatic heterocycles. The summed E-state index contributed by atoms with van der Waals surface area (Å²) >= 11 is 6.91. The number of sulfone groups is 1. The van der Waals surface area contributed by atoms with Gasteiger partial charge in [0.1, 0.15) is 5.75 Å². The van der Waals surface area contributed by atoms with Gasteiger partial charge in [-0.2, -0.15) is 0 Å². The van der Waals surface area contributed by atoms with E-state index in [2.05, 4.69) is 0 Å². The van der Waals surface area contributed by atoms with Crippen molar-refractivity contribution in [3.8, 4) is 0 Å². The highest BCUT2D eigenvalue weighted by Crippen LogP contribution is 2.24. The summed E-state index contributed by atoms with van der Waals surface area (Å²) in [7, 11) is -2.25. The fraction of sp³-hybridized carbons (Fsp3) is 0.312. The molecule has 0 saturated heterocycles. The van der Waals surface area contributed by atoms with Crippen LogP contribution in [0.3, 0.4) is 0 Å². The zero-order valence-corrected chi connectivity index (χ0v) is 15.9. The molecule has 9 heteroatoms. The van der Waals surface area contributed by atoms with Gasteiger partial charge in [-0.15, -0.1) is 11.3 Å². The highest BCUT2D eigenvalue weighted by Gasteiger charge is 2.24. The molecule has 1 amide bonds. The lowest BCUT2D eigenvalue weighted by Gasteiger charge is -2.25. The van der Waals surface area contributed by atoms with Gasteiger partial charge >= 0.3 is 0 Å². The van der Waals surface area contributed by atoms with E-state index in [1.807, 2.05) is 0 Å². The van der Waals surface area contributed by atoms with Gasteiger partial charge in [0.25, 0.3) is 0 Å². The molecule has 2 aromatic rings. The van der Waals surface area contributed by atoms with Crippen LogP contribution in [-0.2, 0) is 20.4 Å². The summed E-state index contributed by atoms with van der Waals surface area (Å²) in [5, 5.41) is 0. The number of benzene rings is 1. The van der Waals surface area contributed by atoms with Gasteiger partial charge in [-0.05, 0) is 36.8 Å². The van der Waals surface area contributed by atoms with Crippen molar-refractivity contribution in [1.29, 1.82) is 0 Å². The van der Waals surface area contributed by atoms with Crippen LogP contribution in [0.15, 0.2) is 30.3 Å². The maximum absolute atomic E-state index is 13.3. The lowest BCUT2D eigenvalue weighted by atomic mass is 10.1. The molecule has 0 aliphatic rings. The zero-order chi connectivity index (χ0) is 18.8. The van der Waals surface area contributed by atoms with Gasteiger partial charge in [-0.25, -0.2) is 17.2 Å². The lowest BCUT2D eigenvalue weighted by molar-refractivity contribution is -0.129. The Morgan fingerprint density at radius 1 is 1.24 bits per heavy atom. The highest BCUT2D eigenvalue weighted by molar-refractivity contribution is 7.91. The average molecular weight is 408 g/mol. The summed E-state index contributed by atoms with van der Waals surface area (Å²) in [6.07, 6.45) is 0. The molecular formula is C16H16ClF2NO3S2. The van der Waals surface area contributed by atoms with Crippen molar-refractivity contribution in [2.45, 2.75) is 18.7 Å². The Labute approximate surface area is 153 Å². The molecule has 0 aliphatic carbocycles. The van der Waals surface area contributed by atoms with Crippen molar-refractivity contribution in [3.63, 3.8) is 0 Å². The number of rotatable bonds is 6. The molecule has 0 bridgehead atoms. The van der Waals surface area contributed by atoms with E-state index in [0.29, 0.717) is 14.8 Å². The van der Waals surface area contributed by atoms with Crippen LogP contribution >= 0.6 is 22.9 Å². The predicted molar refractivity (Wildman–Crippen MR) is 94.4 cm³/mol. The molecule has 1 heterocycles. The molecule has 0 radical (unpaired) electrons. The van der Waals surface area contributed by atoms with Crippen LogP contribution in [0, 0.1) is 11.6 Å². The number of amides is 1. The van der Waals surface area contributed by atoms with Gasteiger partial charge in [-0.1, -0.05) is 17.7 Å². The minimum absolute atomic E-state index is 0.274. The SMILES string of the molecule is C[C@H](c1ccc(F)c(F)c1)N(C)C(=O)CS(=O)(=O)Cc1ccc(Cl)s1. The molecule has 2 rings (SSSR count). The summed E-state index contributed by atoms with van der Waals surface area (Å²) in [6.45, 7) is 1.61. The standard InChI is InChI=1S/C16H16ClF2NO3S2/c1-10(11-3-5-13(18)14(19)7-11)20(2)16(21)9-25(22,23)8-12-4-6-15(17)24-12/h3-7,10H,8-9H2,1-2H3/t10-/m1/s1. The van der Waals surface area contributed by atoms with E-state index in [4.69, 9.17) is 11.6 Å². The van der Waals surface area contributed by atoms with E-state index in [1.165, 1.54) is 18.0 Å². The molecule has 0 aliphatic heterocycles. The van der Waals surface area contributed by atoms with Gasteiger partial charge in [0.15, 0.2) is 21.5 Å². The Kier molecular flexibility index (Phi) is 6.18. The Morgan fingerprint density at radius 2 is 1.92 bits per heavy atom. The molecule has 0 N–H and O–H groups in total. The predicted octanol–water partition coefficient (Wildman–Crippen LogP) is 3.81. The first-order valence-electron chi connectivity index (χ1n) is 7.24. The monoisotopic (exact) mass is 407 g/mol. The van der Waals surface area contributed by atoms with Crippen LogP contribution < -0.4 is 0 Å². The van der Waals surface area contributed by atoms with Gasteiger partial charge in [-0.3, -0.25) is 4.79 Å². The van der Waals surface area contributed by atoms with Crippen LogP contribution in [0.2, 0.25) is 4.34 Å².